The highest BCUT2D eigenvalue weighted by Crippen LogP contribution is 2.34. The van der Waals surface area contributed by atoms with Crippen molar-refractivity contribution in [2.75, 3.05) is 13.2 Å². The largest absolute Gasteiger partial charge is 0.481 e. The van der Waals surface area contributed by atoms with E-state index >= 15 is 0 Å². The standard InChI is InChI=1S/C21H22N2O4/c1-3-26-21(25)14-27-20-12-8-7-11-17(20)18-13-19(23(22-18)15(2)24)16-9-5-4-6-10-16/h4-12,19H,3,13-14H2,1-2H3. The van der Waals surface area contributed by atoms with Crippen LogP contribution in [0, 0.1) is 0 Å². The quantitative estimate of drug-likeness (QED) is 0.736. The van der Waals surface area contributed by atoms with Gasteiger partial charge in [0.05, 0.1) is 18.4 Å². The minimum atomic E-state index is -0.423. The van der Waals surface area contributed by atoms with Crippen LogP contribution in [0.15, 0.2) is 59.7 Å². The number of hydrogen-bond acceptors (Lipinski definition) is 5. The summed E-state index contributed by atoms with van der Waals surface area (Å²) in [5, 5.41) is 6.05. The molecule has 0 saturated heterocycles. The van der Waals surface area contributed by atoms with Crippen LogP contribution in [-0.4, -0.2) is 35.8 Å². The molecule has 0 aromatic heterocycles. The van der Waals surface area contributed by atoms with Crippen molar-refractivity contribution in [1.29, 1.82) is 0 Å². The van der Waals surface area contributed by atoms with E-state index in [-0.39, 0.29) is 18.6 Å². The minimum Gasteiger partial charge on any atom is -0.481 e. The highest BCUT2D eigenvalue weighted by atomic mass is 16.6. The number of esters is 1. The molecule has 140 valence electrons. The van der Waals surface area contributed by atoms with Crippen LogP contribution in [0.4, 0.5) is 0 Å². The first-order valence-electron chi connectivity index (χ1n) is 8.90. The Kier molecular flexibility index (Phi) is 5.86. The van der Waals surface area contributed by atoms with Crippen molar-refractivity contribution in [3.8, 4) is 5.75 Å². The molecule has 27 heavy (non-hydrogen) atoms. The molecule has 6 heteroatoms. The van der Waals surface area contributed by atoms with Gasteiger partial charge in [-0.3, -0.25) is 4.79 Å². The van der Waals surface area contributed by atoms with Crippen molar-refractivity contribution >= 4 is 17.6 Å². The fourth-order valence-electron chi connectivity index (χ4n) is 3.07. The molecule has 0 aliphatic carbocycles. The minimum absolute atomic E-state index is 0.122. The number of nitrogens with zero attached hydrogens (tertiary/aromatic N) is 2. The third kappa shape index (κ3) is 4.34. The highest BCUT2D eigenvalue weighted by molar-refractivity contribution is 6.05. The molecule has 1 heterocycles. The fraction of sp³-hybridized carbons (Fsp3) is 0.286. The number of hydrazone groups is 1. The lowest BCUT2D eigenvalue weighted by molar-refractivity contribution is -0.145. The molecule has 0 radical (unpaired) electrons. The molecule has 1 atom stereocenters. The van der Waals surface area contributed by atoms with Crippen molar-refractivity contribution in [1.82, 2.24) is 5.01 Å². The lowest BCUT2D eigenvalue weighted by atomic mass is 9.98. The van der Waals surface area contributed by atoms with Crippen LogP contribution in [0.3, 0.4) is 0 Å². The number of benzene rings is 2. The molecule has 0 bridgehead atoms. The average molecular weight is 366 g/mol. The summed E-state index contributed by atoms with van der Waals surface area (Å²) in [5.41, 5.74) is 2.54. The van der Waals surface area contributed by atoms with E-state index in [9.17, 15) is 9.59 Å². The van der Waals surface area contributed by atoms with Crippen molar-refractivity contribution in [2.45, 2.75) is 26.3 Å². The van der Waals surface area contributed by atoms with Gasteiger partial charge in [-0.25, -0.2) is 9.80 Å². The van der Waals surface area contributed by atoms with Gasteiger partial charge in [-0.15, -0.1) is 0 Å². The van der Waals surface area contributed by atoms with Gasteiger partial charge in [0.2, 0.25) is 5.91 Å². The lowest BCUT2D eigenvalue weighted by Crippen LogP contribution is -2.24. The maximum atomic E-state index is 12.1. The second-order valence-electron chi connectivity index (χ2n) is 6.13. The van der Waals surface area contributed by atoms with Gasteiger partial charge in [-0.2, -0.15) is 5.10 Å². The van der Waals surface area contributed by atoms with Crippen molar-refractivity contribution in [2.24, 2.45) is 5.10 Å². The molecule has 1 amide bonds. The summed E-state index contributed by atoms with van der Waals surface area (Å²) in [5.74, 6) is -0.00141. The highest BCUT2D eigenvalue weighted by Gasteiger charge is 2.32. The third-order valence-electron chi connectivity index (χ3n) is 4.27. The number of carbonyl (C=O) groups is 2. The normalized spacial score (nSPS) is 16.0. The topological polar surface area (TPSA) is 68.2 Å². The van der Waals surface area contributed by atoms with Gasteiger partial charge in [0.15, 0.2) is 6.61 Å². The zero-order valence-corrected chi connectivity index (χ0v) is 15.4. The SMILES string of the molecule is CCOC(=O)COc1ccccc1C1=NN(C(C)=O)C(c2ccccc2)C1. The van der Waals surface area contributed by atoms with Crippen LogP contribution in [0.1, 0.15) is 37.4 Å². The Labute approximate surface area is 158 Å². The molecule has 0 saturated carbocycles. The zero-order valence-electron chi connectivity index (χ0n) is 15.4. The average Bonchev–Trinajstić information content (AvgIpc) is 3.13. The Balaban J connectivity index is 1.85. The Hall–Kier alpha value is -3.15. The van der Waals surface area contributed by atoms with E-state index in [2.05, 4.69) is 5.10 Å². The molecule has 1 aliphatic rings. The summed E-state index contributed by atoms with van der Waals surface area (Å²) in [6.45, 7) is 3.39. The number of rotatable bonds is 6. The molecule has 2 aromatic rings. The van der Waals surface area contributed by atoms with Gasteiger partial charge in [-0.05, 0) is 24.6 Å². The van der Waals surface area contributed by atoms with Crippen LogP contribution >= 0.6 is 0 Å². The monoisotopic (exact) mass is 366 g/mol. The van der Waals surface area contributed by atoms with E-state index in [1.807, 2.05) is 48.5 Å². The molecule has 1 aliphatic heterocycles. The fourth-order valence-corrected chi connectivity index (χ4v) is 3.07. The number of amides is 1. The van der Waals surface area contributed by atoms with E-state index < -0.39 is 5.97 Å². The predicted octanol–water partition coefficient (Wildman–Crippen LogP) is 3.33. The summed E-state index contributed by atoms with van der Waals surface area (Å²) in [7, 11) is 0. The smallest absolute Gasteiger partial charge is 0.344 e. The predicted molar refractivity (Wildman–Crippen MR) is 101 cm³/mol. The van der Waals surface area contributed by atoms with Crippen LogP contribution in [0.25, 0.3) is 0 Å². The van der Waals surface area contributed by atoms with Gasteiger partial charge < -0.3 is 9.47 Å². The summed E-state index contributed by atoms with van der Waals surface area (Å²) < 4.78 is 10.5. The second-order valence-corrected chi connectivity index (χ2v) is 6.13. The van der Waals surface area contributed by atoms with Crippen LogP contribution < -0.4 is 4.74 Å². The van der Waals surface area contributed by atoms with Crippen LogP contribution in [-0.2, 0) is 14.3 Å². The Bertz CT molecular complexity index is 848. The van der Waals surface area contributed by atoms with Crippen LogP contribution in [0.5, 0.6) is 5.75 Å². The summed E-state index contributed by atoms with van der Waals surface area (Å²) in [4.78, 5) is 23.7. The Morgan fingerprint density at radius 3 is 2.52 bits per heavy atom. The molecule has 6 nitrogen and oxygen atoms in total. The van der Waals surface area contributed by atoms with Gasteiger partial charge in [0, 0.05) is 18.9 Å². The van der Waals surface area contributed by atoms with Crippen molar-refractivity contribution < 1.29 is 19.1 Å². The molecule has 1 unspecified atom stereocenters. The number of hydrogen-bond donors (Lipinski definition) is 0. The summed E-state index contributed by atoms with van der Waals surface area (Å²) >= 11 is 0. The lowest BCUT2D eigenvalue weighted by Gasteiger charge is -2.20. The Morgan fingerprint density at radius 1 is 1.11 bits per heavy atom. The van der Waals surface area contributed by atoms with E-state index in [0.717, 1.165) is 16.8 Å². The van der Waals surface area contributed by atoms with Crippen LogP contribution in [0.2, 0.25) is 0 Å². The molecular formula is C21H22N2O4. The maximum Gasteiger partial charge on any atom is 0.344 e. The summed E-state index contributed by atoms with van der Waals surface area (Å²) in [6.07, 6.45) is 0.573. The second kappa shape index (κ2) is 8.49. The molecule has 2 aromatic carbocycles. The van der Waals surface area contributed by atoms with E-state index in [4.69, 9.17) is 9.47 Å². The van der Waals surface area contributed by atoms with E-state index in [0.29, 0.717) is 18.8 Å². The molecule has 0 fully saturated rings. The first kappa shape index (κ1) is 18.6. The first-order chi connectivity index (χ1) is 13.1. The van der Waals surface area contributed by atoms with E-state index in [1.54, 1.807) is 13.0 Å². The van der Waals surface area contributed by atoms with Gasteiger partial charge in [0.1, 0.15) is 5.75 Å². The number of para-hydroxylation sites is 1. The number of carbonyl (C=O) groups excluding carboxylic acids is 2. The Morgan fingerprint density at radius 2 is 1.81 bits per heavy atom. The molecule has 0 N–H and O–H groups in total. The van der Waals surface area contributed by atoms with Crippen molar-refractivity contribution in [3.05, 3.63) is 65.7 Å². The number of ether oxygens (including phenoxy) is 2. The van der Waals surface area contributed by atoms with E-state index in [1.165, 1.54) is 11.9 Å². The molecular weight excluding hydrogens is 344 g/mol. The molecule has 0 spiro atoms. The maximum absolute atomic E-state index is 12.1. The third-order valence-corrected chi connectivity index (χ3v) is 4.27. The first-order valence-corrected chi connectivity index (χ1v) is 8.90. The molecule has 3 rings (SSSR count). The van der Waals surface area contributed by atoms with Crippen molar-refractivity contribution in [3.63, 3.8) is 0 Å². The van der Waals surface area contributed by atoms with Gasteiger partial charge >= 0.3 is 5.97 Å². The summed E-state index contributed by atoms with van der Waals surface area (Å²) in [6, 6.07) is 17.0. The van der Waals surface area contributed by atoms with Gasteiger partial charge in [0.25, 0.3) is 0 Å². The zero-order chi connectivity index (χ0) is 19.2. The van der Waals surface area contributed by atoms with Gasteiger partial charge in [-0.1, -0.05) is 42.5 Å².